The van der Waals surface area contributed by atoms with Gasteiger partial charge in [-0.3, -0.25) is 0 Å². The van der Waals surface area contributed by atoms with Crippen molar-refractivity contribution in [3.63, 3.8) is 0 Å². The molecule has 3 aliphatic rings. The van der Waals surface area contributed by atoms with Gasteiger partial charge < -0.3 is 0 Å². The molecule has 0 saturated heterocycles. The monoisotopic (exact) mass is 1680 g/mol. The van der Waals surface area contributed by atoms with Crippen LogP contribution in [0.1, 0.15) is 320 Å². The fraction of sp³-hybridized carbons (Fsp3) is 0.435. The third-order valence-corrected chi connectivity index (χ3v) is 17.5. The van der Waals surface area contributed by atoms with Gasteiger partial charge in [-0.2, -0.15) is 0 Å². The fourth-order valence-corrected chi connectivity index (χ4v) is 11.8. The molecule has 0 spiro atoms. The summed E-state index contributed by atoms with van der Waals surface area (Å²) in [5.41, 5.74) is 17.5. The van der Waals surface area contributed by atoms with Crippen LogP contribution in [0.2, 0.25) is 0 Å². The molecule has 2 bridgehead atoms. The smallest absolute Gasteiger partial charge is 0.0184 e. The Kier molecular flexibility index (Phi) is 108. The van der Waals surface area contributed by atoms with Crippen molar-refractivity contribution >= 4 is 10.8 Å². The van der Waals surface area contributed by atoms with Crippen molar-refractivity contribution in [1.29, 1.82) is 0 Å². The first-order valence-electron chi connectivity index (χ1n) is 49.2. The highest BCUT2D eigenvalue weighted by molar-refractivity contribution is 5.82. The first-order valence-corrected chi connectivity index (χ1v) is 49.2. The van der Waals surface area contributed by atoms with Crippen molar-refractivity contribution in [2.75, 3.05) is 0 Å². The van der Waals surface area contributed by atoms with E-state index < -0.39 is 0 Å². The largest absolute Gasteiger partial charge is 0.0683 e. The molecule has 3 aliphatic carbocycles. The van der Waals surface area contributed by atoms with Gasteiger partial charge in [0.05, 0.1) is 0 Å². The molecule has 0 aliphatic heterocycles. The zero-order valence-corrected chi connectivity index (χ0v) is 87.3. The van der Waals surface area contributed by atoms with Crippen molar-refractivity contribution in [3.05, 3.63) is 395 Å². The van der Waals surface area contributed by atoms with Gasteiger partial charge in [-0.05, 0) is 180 Å². The summed E-state index contributed by atoms with van der Waals surface area (Å²) in [6.07, 6.45) is 17.8. The fourth-order valence-electron chi connectivity index (χ4n) is 11.8. The first kappa shape index (κ1) is 130. The Morgan fingerprint density at radius 3 is 0.468 bits per heavy atom. The highest BCUT2D eigenvalue weighted by Gasteiger charge is 2.48. The summed E-state index contributed by atoms with van der Waals surface area (Å²) in [5.74, 6) is 5.63. The molecule has 0 heterocycles. The summed E-state index contributed by atoms with van der Waals surface area (Å²) in [6.45, 7) is 74.6. The molecule has 0 N–H and O–H groups in total. The van der Waals surface area contributed by atoms with E-state index in [0.717, 1.165) is 31.6 Å². The minimum Gasteiger partial charge on any atom is -0.0683 e. The van der Waals surface area contributed by atoms with Gasteiger partial charge in [-0.25, -0.2) is 0 Å². The summed E-state index contributed by atoms with van der Waals surface area (Å²) in [5, 5.41) is 2.62. The van der Waals surface area contributed by atoms with Gasteiger partial charge >= 0.3 is 0 Å². The molecule has 0 nitrogen and oxygen atoms in total. The van der Waals surface area contributed by atoms with Crippen LogP contribution < -0.4 is 0 Å². The van der Waals surface area contributed by atoms with E-state index in [1.165, 1.54) is 126 Å². The SMILES string of the molecule is C1CC2C3CCC(C3)C2C1.CC.CC.CC.CC.CC.CC.CC.CC.CC(C)C.CCC.CCC.CCC.CCc1ccc(-c2ccc(CC)cc2)cc1.CCc1ccc(CC)cc1.Cc1ccccc1.Cc1ccccc1.Cc1ccccc1.Cc1ccccc1.Cc1ccccc1.Cc1ccccc1.Cc1ccccc1.c1ccc2ccccc2c1. The Balaban J connectivity index is -0.000000194. The minimum atomic E-state index is 0.833. The second-order valence-corrected chi connectivity index (χ2v) is 29.0. The highest BCUT2D eigenvalue weighted by Crippen LogP contribution is 2.58. The van der Waals surface area contributed by atoms with Crippen molar-refractivity contribution in [3.8, 4) is 11.1 Å². The van der Waals surface area contributed by atoms with Gasteiger partial charge in [-0.1, -0.05) is 599 Å². The molecule has 0 heteroatoms. The Labute approximate surface area is 774 Å². The molecule has 4 atom stereocenters. The molecule has 0 radical (unpaired) electrons. The Bertz CT molecular complexity index is 3310. The lowest BCUT2D eigenvalue weighted by molar-refractivity contribution is 0.259. The standard InChI is InChI=1S/C16H18.C10H16.C10H8.C10H14.7C7H8.C4H10.3C3H8.8C2H6/c1-3-13-5-9-15(10-6-13)16-11-7-14(4-2)8-12-16;1-2-9-7-4-5-8(6-7)10(9)3-1;1-2-6-10-8-4-3-7-9(10)5-1;1-3-9-5-7-10(4-2)8-6-9;7*1-7-5-3-2-4-6-7;1-4(2)3;3*1-3-2;8*1-2/h5-12H,3-4H2,1-2H3;7-10H,1-6H2;1-8H;5-8H,3-4H2,1-2H3;7*2-6H,1H3;4H,1-3H3;3*3H2,1-2H3;8*1-2H3. The molecule has 124 heavy (non-hydrogen) atoms. The lowest BCUT2D eigenvalue weighted by Gasteiger charge is -2.23. The van der Waals surface area contributed by atoms with Gasteiger partial charge in [0, 0.05) is 0 Å². The van der Waals surface area contributed by atoms with E-state index >= 15 is 0 Å². The van der Waals surface area contributed by atoms with Crippen molar-refractivity contribution in [1.82, 2.24) is 0 Å². The number of rotatable bonds is 5. The normalized spacial score (nSPS) is 12.1. The van der Waals surface area contributed by atoms with Gasteiger partial charge in [-0.15, -0.1) is 0 Å². The lowest BCUT2D eigenvalue weighted by Crippen LogP contribution is -2.15. The van der Waals surface area contributed by atoms with E-state index in [2.05, 4.69) is 345 Å². The maximum Gasteiger partial charge on any atom is -0.0184 e. The van der Waals surface area contributed by atoms with Crippen LogP contribution in [-0.4, -0.2) is 0 Å². The van der Waals surface area contributed by atoms with Gasteiger partial charge in [0.2, 0.25) is 0 Å². The predicted molar refractivity (Wildman–Crippen MR) is 579 cm³/mol. The Hall–Kier alpha value is -9.10. The maximum atomic E-state index is 2.21. The van der Waals surface area contributed by atoms with Crippen LogP contribution in [0.5, 0.6) is 0 Å². The number of fused-ring (bicyclic) bond motifs is 6. The summed E-state index contributed by atoms with van der Waals surface area (Å²) < 4.78 is 0. The molecule has 4 unspecified atom stereocenters. The summed E-state index contributed by atoms with van der Waals surface area (Å²) in [6, 6.07) is 115. The van der Waals surface area contributed by atoms with E-state index in [9.17, 15) is 0 Å². The van der Waals surface area contributed by atoms with Crippen LogP contribution in [0.25, 0.3) is 21.9 Å². The lowest BCUT2D eigenvalue weighted by atomic mass is 9.82. The Morgan fingerprint density at radius 2 is 0.339 bits per heavy atom. The van der Waals surface area contributed by atoms with Crippen molar-refractivity contribution < 1.29 is 0 Å². The molecule has 3 saturated carbocycles. The van der Waals surface area contributed by atoms with Crippen molar-refractivity contribution in [2.45, 2.75) is 333 Å². The molecular formula is C124H194. The molecule has 3 fully saturated rings. The van der Waals surface area contributed by atoms with Gasteiger partial charge in [0.25, 0.3) is 0 Å². The first-order chi connectivity index (χ1) is 60.3. The zero-order chi connectivity index (χ0) is 95.6. The quantitative estimate of drug-likeness (QED) is 0.161. The van der Waals surface area contributed by atoms with E-state index in [1.807, 2.05) is 238 Å². The number of benzene rings is 12. The molecular weight excluding hydrogens is 1490 g/mol. The molecule has 15 rings (SSSR count). The summed E-state index contributed by atoms with van der Waals surface area (Å²) in [7, 11) is 0. The van der Waals surface area contributed by atoms with Crippen LogP contribution >= 0.6 is 0 Å². The Morgan fingerprint density at radius 1 is 0.202 bits per heavy atom. The number of hydrogen-bond donors (Lipinski definition) is 0. The topological polar surface area (TPSA) is 0 Å². The molecule has 0 amide bonds. The van der Waals surface area contributed by atoms with E-state index in [4.69, 9.17) is 0 Å². The third kappa shape index (κ3) is 78.8. The second kappa shape index (κ2) is 103. The van der Waals surface area contributed by atoms with Crippen LogP contribution in [0, 0.1) is 78.1 Å². The van der Waals surface area contributed by atoms with Crippen LogP contribution in [-0.2, 0) is 25.7 Å². The third-order valence-electron chi connectivity index (χ3n) is 17.5. The van der Waals surface area contributed by atoms with Crippen LogP contribution in [0.3, 0.4) is 0 Å². The van der Waals surface area contributed by atoms with Crippen molar-refractivity contribution in [2.24, 2.45) is 29.6 Å². The highest BCUT2D eigenvalue weighted by atomic mass is 14.5. The van der Waals surface area contributed by atoms with E-state index in [-0.39, 0.29) is 0 Å². The molecule has 12 aromatic carbocycles. The predicted octanol–water partition coefficient (Wildman–Crippen LogP) is 41.0. The zero-order valence-electron chi connectivity index (χ0n) is 87.3. The van der Waals surface area contributed by atoms with E-state index in [1.54, 1.807) is 38.5 Å². The van der Waals surface area contributed by atoms with Crippen LogP contribution in [0.4, 0.5) is 0 Å². The molecule has 12 aromatic rings. The average Bonchev–Trinajstić information content (AvgIpc) is 1.62. The number of hydrogen-bond acceptors (Lipinski definition) is 0. The molecule has 690 valence electrons. The number of aryl methyl sites for hydroxylation is 11. The van der Waals surface area contributed by atoms with E-state index in [0.29, 0.717) is 0 Å². The molecule has 0 aromatic heterocycles. The average molecular weight is 1680 g/mol. The van der Waals surface area contributed by atoms with Gasteiger partial charge in [0.15, 0.2) is 0 Å². The van der Waals surface area contributed by atoms with Crippen LogP contribution in [0.15, 0.2) is 334 Å². The second-order valence-electron chi connectivity index (χ2n) is 29.0. The summed E-state index contributed by atoms with van der Waals surface area (Å²) >= 11 is 0. The maximum absolute atomic E-state index is 2.21. The minimum absolute atomic E-state index is 0.833. The van der Waals surface area contributed by atoms with Gasteiger partial charge in [0.1, 0.15) is 0 Å². The summed E-state index contributed by atoms with van der Waals surface area (Å²) in [4.78, 5) is 0.